The second-order valence-electron chi connectivity index (χ2n) is 7.73. The van der Waals surface area contributed by atoms with Gasteiger partial charge in [0.05, 0.1) is 24.7 Å². The summed E-state index contributed by atoms with van der Waals surface area (Å²) in [6, 6.07) is 2.01. The van der Waals surface area contributed by atoms with Crippen molar-refractivity contribution in [3.05, 3.63) is 17.6 Å². The minimum Gasteiger partial charge on any atom is -0.378 e. The molecule has 29 heavy (non-hydrogen) atoms. The minimum absolute atomic E-state index is 0.0935. The molecule has 2 fully saturated rings. The van der Waals surface area contributed by atoms with Gasteiger partial charge in [-0.05, 0) is 6.92 Å². The molecule has 2 aliphatic rings. The first-order chi connectivity index (χ1) is 13.9. The Morgan fingerprint density at radius 2 is 1.59 bits per heavy atom. The smallest absolute Gasteiger partial charge is 0.232 e. The maximum absolute atomic E-state index is 12.5. The second kappa shape index (κ2) is 10.2. The topological polar surface area (TPSA) is 78.9 Å². The number of carbonyl (C=O) groups excluding carboxylic acids is 2. The van der Waals surface area contributed by atoms with Gasteiger partial charge in [-0.2, -0.15) is 0 Å². The van der Waals surface area contributed by atoms with Crippen LogP contribution in [0.1, 0.15) is 31.3 Å². The van der Waals surface area contributed by atoms with E-state index in [9.17, 15) is 9.59 Å². The molecule has 0 N–H and O–H groups in total. The molecule has 9 heteroatoms. The zero-order valence-electron chi connectivity index (χ0n) is 17.6. The maximum atomic E-state index is 12.5. The van der Waals surface area contributed by atoms with E-state index >= 15 is 0 Å². The van der Waals surface area contributed by atoms with Crippen LogP contribution in [-0.4, -0.2) is 95.6 Å². The van der Waals surface area contributed by atoms with Crippen molar-refractivity contribution in [3.63, 3.8) is 0 Å². The lowest BCUT2D eigenvalue weighted by Crippen LogP contribution is -2.49. The number of aryl methyl sites for hydroxylation is 1. The third-order valence-electron chi connectivity index (χ3n) is 5.15. The van der Waals surface area contributed by atoms with E-state index in [4.69, 9.17) is 9.72 Å². The monoisotopic (exact) mass is 421 g/mol. The molecule has 1 aromatic heterocycles. The molecule has 0 unspecified atom stereocenters. The number of aromatic nitrogens is 2. The van der Waals surface area contributed by atoms with Crippen molar-refractivity contribution in [2.45, 2.75) is 26.7 Å². The van der Waals surface area contributed by atoms with E-state index in [0.717, 1.165) is 30.4 Å². The molecule has 0 spiro atoms. The number of morpholine rings is 1. The van der Waals surface area contributed by atoms with Crippen LogP contribution in [0.4, 0.5) is 5.82 Å². The molecule has 8 nitrogen and oxygen atoms in total. The molecule has 2 saturated heterocycles. The Morgan fingerprint density at radius 1 is 1.00 bits per heavy atom. The highest BCUT2D eigenvalue weighted by Crippen LogP contribution is 2.19. The van der Waals surface area contributed by atoms with Crippen molar-refractivity contribution in [2.75, 3.05) is 68.9 Å². The molecule has 0 radical (unpaired) electrons. The quantitative estimate of drug-likeness (QED) is 0.682. The number of hydrogen-bond acceptors (Lipinski definition) is 7. The van der Waals surface area contributed by atoms with E-state index in [1.54, 1.807) is 0 Å². The van der Waals surface area contributed by atoms with Gasteiger partial charge in [-0.3, -0.25) is 9.59 Å². The number of rotatable bonds is 6. The van der Waals surface area contributed by atoms with Crippen LogP contribution in [0.5, 0.6) is 0 Å². The summed E-state index contributed by atoms with van der Waals surface area (Å²) in [5.41, 5.74) is 0.971. The molecule has 2 amide bonds. The summed E-state index contributed by atoms with van der Waals surface area (Å²) in [4.78, 5) is 39.8. The Morgan fingerprint density at radius 3 is 2.17 bits per heavy atom. The van der Waals surface area contributed by atoms with Crippen LogP contribution >= 0.6 is 11.8 Å². The van der Waals surface area contributed by atoms with E-state index in [1.807, 2.05) is 22.8 Å². The molecular weight excluding hydrogens is 390 g/mol. The second-order valence-corrected chi connectivity index (χ2v) is 8.72. The zero-order chi connectivity index (χ0) is 20.8. The summed E-state index contributed by atoms with van der Waals surface area (Å²) in [5, 5.41) is 0. The molecule has 0 aliphatic carbocycles. The van der Waals surface area contributed by atoms with Crippen LogP contribution in [0.25, 0.3) is 0 Å². The standard InChI is InChI=1S/C20H31N5O3S/c1-15(2)20-21-16(3)12-17(22-20)23-4-6-24(7-5-23)18(26)13-29-14-19(27)25-8-10-28-11-9-25/h12,15H,4-11,13-14H2,1-3H3. The molecule has 1 aromatic rings. The van der Waals surface area contributed by atoms with Gasteiger partial charge in [0.15, 0.2) is 0 Å². The van der Waals surface area contributed by atoms with Gasteiger partial charge < -0.3 is 19.4 Å². The van der Waals surface area contributed by atoms with E-state index in [1.165, 1.54) is 11.8 Å². The highest BCUT2D eigenvalue weighted by atomic mass is 32.2. The van der Waals surface area contributed by atoms with Crippen molar-refractivity contribution < 1.29 is 14.3 Å². The molecule has 0 saturated carbocycles. The number of anilines is 1. The van der Waals surface area contributed by atoms with Crippen molar-refractivity contribution in [3.8, 4) is 0 Å². The highest BCUT2D eigenvalue weighted by Gasteiger charge is 2.23. The first-order valence-electron chi connectivity index (χ1n) is 10.3. The molecule has 2 aliphatic heterocycles. The van der Waals surface area contributed by atoms with Gasteiger partial charge >= 0.3 is 0 Å². The Balaban J connectivity index is 1.43. The highest BCUT2D eigenvalue weighted by molar-refractivity contribution is 8.00. The fourth-order valence-corrected chi connectivity index (χ4v) is 4.22. The van der Waals surface area contributed by atoms with Gasteiger partial charge in [-0.15, -0.1) is 11.8 Å². The minimum atomic E-state index is 0.0935. The number of carbonyl (C=O) groups is 2. The summed E-state index contributed by atoms with van der Waals surface area (Å²) in [6.07, 6.45) is 0. The van der Waals surface area contributed by atoms with Gasteiger partial charge in [-0.1, -0.05) is 13.8 Å². The van der Waals surface area contributed by atoms with Crippen molar-refractivity contribution in [2.24, 2.45) is 0 Å². The normalized spacial score (nSPS) is 17.7. The first-order valence-corrected chi connectivity index (χ1v) is 11.4. The maximum Gasteiger partial charge on any atom is 0.232 e. The number of hydrogen-bond donors (Lipinski definition) is 0. The zero-order valence-corrected chi connectivity index (χ0v) is 18.4. The number of nitrogens with zero attached hydrogens (tertiary/aromatic N) is 5. The average molecular weight is 422 g/mol. The average Bonchev–Trinajstić information content (AvgIpc) is 2.73. The van der Waals surface area contributed by atoms with E-state index < -0.39 is 0 Å². The fourth-order valence-electron chi connectivity index (χ4n) is 3.40. The van der Waals surface area contributed by atoms with Gasteiger partial charge in [0.2, 0.25) is 11.8 Å². The lowest BCUT2D eigenvalue weighted by atomic mass is 10.2. The van der Waals surface area contributed by atoms with E-state index in [-0.39, 0.29) is 17.7 Å². The number of piperazine rings is 1. The van der Waals surface area contributed by atoms with Crippen LogP contribution in [-0.2, 0) is 14.3 Å². The summed E-state index contributed by atoms with van der Waals surface area (Å²) < 4.78 is 5.26. The molecule has 0 bridgehead atoms. The first kappa shape index (κ1) is 21.8. The van der Waals surface area contributed by atoms with E-state index in [0.29, 0.717) is 50.9 Å². The largest absolute Gasteiger partial charge is 0.378 e. The fraction of sp³-hybridized carbons (Fsp3) is 0.700. The van der Waals surface area contributed by atoms with E-state index in [2.05, 4.69) is 23.7 Å². The van der Waals surface area contributed by atoms with Crippen LogP contribution in [0.2, 0.25) is 0 Å². The third kappa shape index (κ3) is 6.05. The van der Waals surface area contributed by atoms with Crippen LogP contribution in [0, 0.1) is 6.92 Å². The molecule has 3 rings (SSSR count). The Hall–Kier alpha value is -1.87. The lowest BCUT2D eigenvalue weighted by Gasteiger charge is -2.35. The molecule has 0 atom stereocenters. The lowest BCUT2D eigenvalue weighted by molar-refractivity contribution is -0.132. The number of ether oxygens (including phenoxy) is 1. The Labute approximate surface area is 177 Å². The van der Waals surface area contributed by atoms with Gasteiger partial charge in [0, 0.05) is 56.9 Å². The van der Waals surface area contributed by atoms with Crippen molar-refractivity contribution in [1.29, 1.82) is 0 Å². The van der Waals surface area contributed by atoms with Crippen LogP contribution < -0.4 is 4.90 Å². The van der Waals surface area contributed by atoms with Gasteiger partial charge in [-0.25, -0.2) is 9.97 Å². The Kier molecular flexibility index (Phi) is 7.71. The predicted molar refractivity (Wildman–Crippen MR) is 114 cm³/mol. The predicted octanol–water partition coefficient (Wildman–Crippen LogP) is 1.15. The van der Waals surface area contributed by atoms with Crippen molar-refractivity contribution in [1.82, 2.24) is 19.8 Å². The summed E-state index contributed by atoms with van der Waals surface area (Å²) >= 11 is 1.40. The molecule has 0 aromatic carbocycles. The summed E-state index contributed by atoms with van der Waals surface area (Å²) in [5.74, 6) is 2.99. The van der Waals surface area contributed by atoms with Crippen LogP contribution in [0.3, 0.4) is 0 Å². The van der Waals surface area contributed by atoms with Crippen LogP contribution in [0.15, 0.2) is 6.07 Å². The third-order valence-corrected chi connectivity index (χ3v) is 6.05. The SMILES string of the molecule is Cc1cc(N2CCN(C(=O)CSCC(=O)N3CCOCC3)CC2)nc(C(C)C)n1. The number of thioether (sulfide) groups is 1. The van der Waals surface area contributed by atoms with Crippen molar-refractivity contribution >= 4 is 29.4 Å². The van der Waals surface area contributed by atoms with Gasteiger partial charge in [0.25, 0.3) is 0 Å². The summed E-state index contributed by atoms with van der Waals surface area (Å²) in [7, 11) is 0. The molecule has 3 heterocycles. The number of amides is 2. The molecular formula is C20H31N5O3S. The Bertz CT molecular complexity index is 716. The molecule has 160 valence electrons. The van der Waals surface area contributed by atoms with Gasteiger partial charge in [0.1, 0.15) is 11.6 Å². The summed E-state index contributed by atoms with van der Waals surface area (Å²) in [6.45, 7) is 11.6.